The second kappa shape index (κ2) is 6.21. The van der Waals surface area contributed by atoms with Gasteiger partial charge < -0.3 is 10.4 Å². The maximum Gasteiger partial charge on any atom is 0.312 e. The highest BCUT2D eigenvalue weighted by Gasteiger charge is 2.26. The number of rotatable bonds is 4. The van der Waals surface area contributed by atoms with Crippen molar-refractivity contribution in [2.24, 2.45) is 0 Å². The van der Waals surface area contributed by atoms with E-state index in [1.54, 1.807) is 13.8 Å². The first-order valence-electron chi connectivity index (χ1n) is 7.06. The van der Waals surface area contributed by atoms with Crippen molar-refractivity contribution < 1.29 is 14.8 Å². The number of aliphatic hydroxyl groups is 1. The monoisotopic (exact) mass is 296 g/mol. The molecule has 1 aliphatic rings. The standard InChI is InChI=1S/C13H20N4O4/c1-8-13(17(20)21)9(2)16(15-8)7-12(19)14-10-5-3-4-6-11(10)18/h10-11,18H,3-7H2,1-2H3,(H,14,19). The van der Waals surface area contributed by atoms with Crippen LogP contribution in [0.4, 0.5) is 5.69 Å². The van der Waals surface area contributed by atoms with Gasteiger partial charge in [0.1, 0.15) is 17.9 Å². The Labute approximate surface area is 122 Å². The lowest BCUT2D eigenvalue weighted by molar-refractivity contribution is -0.386. The third-order valence-corrected chi connectivity index (χ3v) is 3.90. The van der Waals surface area contributed by atoms with Crippen LogP contribution in [0.25, 0.3) is 0 Å². The molecule has 0 aromatic carbocycles. The van der Waals surface area contributed by atoms with E-state index in [0.717, 1.165) is 19.3 Å². The van der Waals surface area contributed by atoms with E-state index in [0.29, 0.717) is 17.8 Å². The van der Waals surface area contributed by atoms with Gasteiger partial charge in [0, 0.05) is 0 Å². The number of carbonyl (C=O) groups excluding carboxylic acids is 1. The molecule has 0 saturated heterocycles. The van der Waals surface area contributed by atoms with Crippen molar-refractivity contribution in [3.05, 3.63) is 21.5 Å². The summed E-state index contributed by atoms with van der Waals surface area (Å²) >= 11 is 0. The van der Waals surface area contributed by atoms with E-state index in [1.165, 1.54) is 4.68 Å². The minimum absolute atomic E-state index is 0.0551. The van der Waals surface area contributed by atoms with Crippen molar-refractivity contribution >= 4 is 11.6 Å². The third kappa shape index (κ3) is 3.38. The molecule has 21 heavy (non-hydrogen) atoms. The molecule has 2 N–H and O–H groups in total. The molecule has 1 aliphatic carbocycles. The lowest BCUT2D eigenvalue weighted by atomic mass is 9.92. The molecule has 116 valence electrons. The fourth-order valence-corrected chi connectivity index (χ4v) is 2.77. The highest BCUT2D eigenvalue weighted by molar-refractivity contribution is 5.76. The van der Waals surface area contributed by atoms with Gasteiger partial charge in [-0.3, -0.25) is 19.6 Å². The molecule has 0 bridgehead atoms. The quantitative estimate of drug-likeness (QED) is 0.631. The van der Waals surface area contributed by atoms with Crippen LogP contribution in [0.3, 0.4) is 0 Å². The summed E-state index contributed by atoms with van der Waals surface area (Å²) < 4.78 is 1.33. The summed E-state index contributed by atoms with van der Waals surface area (Å²) in [6, 6.07) is -0.238. The summed E-state index contributed by atoms with van der Waals surface area (Å²) in [6.07, 6.45) is 2.88. The molecule has 1 saturated carbocycles. The molecule has 2 unspecified atom stereocenters. The van der Waals surface area contributed by atoms with Crippen molar-refractivity contribution in [3.63, 3.8) is 0 Å². The number of aromatic nitrogens is 2. The maximum atomic E-state index is 12.0. The minimum Gasteiger partial charge on any atom is -0.391 e. The van der Waals surface area contributed by atoms with Gasteiger partial charge in [-0.2, -0.15) is 5.10 Å². The molecule has 0 aliphatic heterocycles. The Morgan fingerprint density at radius 1 is 1.48 bits per heavy atom. The Kier molecular flexibility index (Phi) is 4.56. The first-order valence-corrected chi connectivity index (χ1v) is 7.06. The van der Waals surface area contributed by atoms with Crippen LogP contribution in [-0.2, 0) is 11.3 Å². The third-order valence-electron chi connectivity index (χ3n) is 3.90. The lowest BCUT2D eigenvalue weighted by Crippen LogP contribution is -2.46. The highest BCUT2D eigenvalue weighted by Crippen LogP contribution is 2.22. The first kappa shape index (κ1) is 15.4. The van der Waals surface area contributed by atoms with Crippen LogP contribution >= 0.6 is 0 Å². The second-order valence-corrected chi connectivity index (χ2v) is 5.46. The summed E-state index contributed by atoms with van der Waals surface area (Å²) in [4.78, 5) is 22.4. The maximum absolute atomic E-state index is 12.0. The number of aliphatic hydroxyl groups excluding tert-OH is 1. The molecule has 1 heterocycles. The predicted octanol–water partition coefficient (Wildman–Crippen LogP) is 0.828. The Hall–Kier alpha value is -1.96. The first-order chi connectivity index (χ1) is 9.90. The number of hydrogen-bond donors (Lipinski definition) is 2. The number of carbonyl (C=O) groups is 1. The number of aryl methyl sites for hydroxylation is 1. The summed E-state index contributed by atoms with van der Waals surface area (Å²) in [7, 11) is 0. The SMILES string of the molecule is Cc1nn(CC(=O)NC2CCCCC2O)c(C)c1[N+](=O)[O-]. The summed E-state index contributed by atoms with van der Waals surface area (Å²) in [5, 5.41) is 27.6. The van der Waals surface area contributed by atoms with Gasteiger partial charge >= 0.3 is 5.69 Å². The van der Waals surface area contributed by atoms with E-state index >= 15 is 0 Å². The van der Waals surface area contributed by atoms with E-state index in [2.05, 4.69) is 10.4 Å². The van der Waals surface area contributed by atoms with Crippen LogP contribution in [-0.4, -0.2) is 37.9 Å². The van der Waals surface area contributed by atoms with Gasteiger partial charge in [0.25, 0.3) is 0 Å². The zero-order valence-corrected chi connectivity index (χ0v) is 12.2. The number of nitrogens with one attached hydrogen (secondary N) is 1. The number of nitro groups is 1. The smallest absolute Gasteiger partial charge is 0.312 e. The number of amides is 1. The zero-order valence-electron chi connectivity index (χ0n) is 12.2. The van der Waals surface area contributed by atoms with E-state index in [9.17, 15) is 20.0 Å². The largest absolute Gasteiger partial charge is 0.391 e. The van der Waals surface area contributed by atoms with Crippen molar-refractivity contribution in [2.45, 2.75) is 58.2 Å². The summed E-state index contributed by atoms with van der Waals surface area (Å²) in [5.41, 5.74) is 0.598. The normalized spacial score (nSPS) is 22.0. The van der Waals surface area contributed by atoms with Crippen molar-refractivity contribution in [1.82, 2.24) is 15.1 Å². The van der Waals surface area contributed by atoms with E-state index in [4.69, 9.17) is 0 Å². The van der Waals surface area contributed by atoms with Crippen LogP contribution in [0.2, 0.25) is 0 Å². The Morgan fingerprint density at radius 2 is 2.14 bits per heavy atom. The van der Waals surface area contributed by atoms with Gasteiger partial charge in [-0.1, -0.05) is 12.8 Å². The average Bonchev–Trinajstić information content (AvgIpc) is 2.67. The molecule has 1 fully saturated rings. The van der Waals surface area contributed by atoms with Gasteiger partial charge in [-0.05, 0) is 26.7 Å². The van der Waals surface area contributed by atoms with E-state index < -0.39 is 11.0 Å². The summed E-state index contributed by atoms with van der Waals surface area (Å²) in [5.74, 6) is -0.290. The van der Waals surface area contributed by atoms with Gasteiger partial charge in [0.05, 0.1) is 17.1 Å². The molecule has 8 nitrogen and oxygen atoms in total. The van der Waals surface area contributed by atoms with Gasteiger partial charge in [-0.15, -0.1) is 0 Å². The summed E-state index contributed by atoms with van der Waals surface area (Å²) in [6.45, 7) is 3.04. The van der Waals surface area contributed by atoms with Gasteiger partial charge in [-0.25, -0.2) is 0 Å². The predicted molar refractivity (Wildman–Crippen MR) is 74.8 cm³/mol. The number of nitrogens with zero attached hydrogens (tertiary/aromatic N) is 3. The van der Waals surface area contributed by atoms with Crippen LogP contribution in [0.1, 0.15) is 37.1 Å². The highest BCUT2D eigenvalue weighted by atomic mass is 16.6. The topological polar surface area (TPSA) is 110 Å². The molecule has 1 amide bonds. The minimum atomic E-state index is -0.516. The molecular weight excluding hydrogens is 276 g/mol. The molecule has 0 radical (unpaired) electrons. The fraction of sp³-hybridized carbons (Fsp3) is 0.692. The molecule has 2 atom stereocenters. The van der Waals surface area contributed by atoms with E-state index in [-0.39, 0.29) is 24.2 Å². The van der Waals surface area contributed by atoms with Crippen molar-refractivity contribution in [1.29, 1.82) is 0 Å². The molecular formula is C13H20N4O4. The second-order valence-electron chi connectivity index (χ2n) is 5.46. The fourth-order valence-electron chi connectivity index (χ4n) is 2.77. The van der Waals surface area contributed by atoms with Crippen LogP contribution < -0.4 is 5.32 Å². The zero-order chi connectivity index (χ0) is 15.6. The molecule has 0 spiro atoms. The van der Waals surface area contributed by atoms with Crippen molar-refractivity contribution in [3.8, 4) is 0 Å². The molecule has 8 heteroatoms. The molecule has 1 aromatic rings. The van der Waals surface area contributed by atoms with Crippen LogP contribution in [0, 0.1) is 24.0 Å². The molecule has 1 aromatic heterocycles. The average molecular weight is 296 g/mol. The Balaban J connectivity index is 2.03. The van der Waals surface area contributed by atoms with Crippen LogP contribution in [0.15, 0.2) is 0 Å². The Bertz CT molecular complexity index is 555. The Morgan fingerprint density at radius 3 is 2.71 bits per heavy atom. The van der Waals surface area contributed by atoms with Crippen molar-refractivity contribution in [2.75, 3.05) is 0 Å². The van der Waals surface area contributed by atoms with Crippen LogP contribution in [0.5, 0.6) is 0 Å². The van der Waals surface area contributed by atoms with E-state index in [1.807, 2.05) is 0 Å². The van der Waals surface area contributed by atoms with Gasteiger partial charge in [0.15, 0.2) is 0 Å². The lowest BCUT2D eigenvalue weighted by Gasteiger charge is -2.28. The number of hydrogen-bond acceptors (Lipinski definition) is 5. The molecule has 2 rings (SSSR count). The van der Waals surface area contributed by atoms with Gasteiger partial charge in [0.2, 0.25) is 5.91 Å².